The Balaban J connectivity index is 1.45. The summed E-state index contributed by atoms with van der Waals surface area (Å²) in [5, 5.41) is 7.60. The molecule has 0 radical (unpaired) electrons. The second-order valence-electron chi connectivity index (χ2n) is 7.48. The number of hydrogen-bond acceptors (Lipinski definition) is 4. The van der Waals surface area contributed by atoms with Gasteiger partial charge in [0.25, 0.3) is 5.91 Å². The van der Waals surface area contributed by atoms with Crippen LogP contribution in [0.3, 0.4) is 0 Å². The van der Waals surface area contributed by atoms with Crippen molar-refractivity contribution in [3.63, 3.8) is 0 Å². The van der Waals surface area contributed by atoms with Gasteiger partial charge in [0.15, 0.2) is 11.2 Å². The van der Waals surface area contributed by atoms with Crippen molar-refractivity contribution < 1.29 is 18.0 Å². The zero-order valence-electron chi connectivity index (χ0n) is 16.3. The number of hydrogen-bond donors (Lipinski definition) is 1. The molecule has 2 aromatic carbocycles. The average molecular weight is 421 g/mol. The lowest BCUT2D eigenvalue weighted by Gasteiger charge is -2.24. The molecule has 0 bridgehead atoms. The molecule has 1 aliphatic carbocycles. The quantitative estimate of drug-likeness (QED) is 0.541. The molecule has 0 saturated carbocycles. The Morgan fingerprint density at radius 3 is 2.71 bits per heavy atom. The molecule has 6 nitrogen and oxygen atoms in total. The molecule has 8 heteroatoms. The molecule has 0 saturated heterocycles. The molecule has 4 aromatic rings. The van der Waals surface area contributed by atoms with E-state index in [9.17, 15) is 18.4 Å². The van der Waals surface area contributed by atoms with Gasteiger partial charge < -0.3 is 9.73 Å². The lowest BCUT2D eigenvalue weighted by molar-refractivity contribution is 0.0905. The molecule has 2 heterocycles. The number of carbonyl (C=O) groups excluding carboxylic acids is 1. The summed E-state index contributed by atoms with van der Waals surface area (Å²) in [5.74, 6) is -1.96. The topological polar surface area (TPSA) is 77.1 Å². The Morgan fingerprint density at radius 1 is 1.13 bits per heavy atom. The third kappa shape index (κ3) is 3.50. The third-order valence-corrected chi connectivity index (χ3v) is 5.44. The first-order valence-electron chi connectivity index (χ1n) is 9.86. The van der Waals surface area contributed by atoms with Crippen molar-refractivity contribution in [2.24, 2.45) is 0 Å². The number of rotatable bonds is 3. The number of nitrogens with zero attached hydrogens (tertiary/aromatic N) is 2. The van der Waals surface area contributed by atoms with Crippen LogP contribution in [0.2, 0.25) is 0 Å². The molecular weight excluding hydrogens is 404 g/mol. The second kappa shape index (κ2) is 7.46. The first kappa shape index (κ1) is 19.2. The monoisotopic (exact) mass is 421 g/mol. The summed E-state index contributed by atoms with van der Waals surface area (Å²) in [7, 11) is 0. The van der Waals surface area contributed by atoms with E-state index in [0.717, 1.165) is 23.7 Å². The van der Waals surface area contributed by atoms with Crippen molar-refractivity contribution in [3.8, 4) is 5.69 Å². The van der Waals surface area contributed by atoms with E-state index in [0.29, 0.717) is 23.8 Å². The van der Waals surface area contributed by atoms with Crippen molar-refractivity contribution in [1.29, 1.82) is 0 Å². The minimum Gasteiger partial charge on any atom is -0.451 e. The Bertz CT molecular complexity index is 1360. The van der Waals surface area contributed by atoms with Gasteiger partial charge in [-0.05, 0) is 43.5 Å². The highest BCUT2D eigenvalue weighted by Gasteiger charge is 2.27. The van der Waals surface area contributed by atoms with Gasteiger partial charge in [-0.3, -0.25) is 9.59 Å². The van der Waals surface area contributed by atoms with Gasteiger partial charge in [-0.1, -0.05) is 12.1 Å². The molecule has 0 unspecified atom stereocenters. The van der Waals surface area contributed by atoms with Crippen LogP contribution >= 0.6 is 0 Å². The SMILES string of the molecule is O=C(N[C@H]1CCCc2c1cnn2-c1cc(F)cc(F)c1)c1cc(=O)c2ccccc2o1. The molecule has 1 N–H and O–H groups in total. The molecular formula is C23H17F2N3O3. The van der Waals surface area contributed by atoms with Crippen LogP contribution in [-0.2, 0) is 6.42 Å². The first-order chi connectivity index (χ1) is 15.0. The largest absolute Gasteiger partial charge is 0.451 e. The van der Waals surface area contributed by atoms with Crippen molar-refractivity contribution in [3.05, 3.63) is 93.6 Å². The summed E-state index contributed by atoms with van der Waals surface area (Å²) in [4.78, 5) is 25.1. The highest BCUT2D eigenvalue weighted by Crippen LogP contribution is 2.31. The lowest BCUT2D eigenvalue weighted by atomic mass is 9.92. The Labute approximate surface area is 175 Å². The Kier molecular flexibility index (Phi) is 4.62. The number of halogens is 2. The minimum atomic E-state index is -0.689. The number of nitrogens with one attached hydrogen (secondary N) is 1. The van der Waals surface area contributed by atoms with Crippen molar-refractivity contribution >= 4 is 16.9 Å². The lowest BCUT2D eigenvalue weighted by Crippen LogP contribution is -2.31. The number of fused-ring (bicyclic) bond motifs is 2. The van der Waals surface area contributed by atoms with Gasteiger partial charge in [0.2, 0.25) is 0 Å². The third-order valence-electron chi connectivity index (χ3n) is 5.44. The van der Waals surface area contributed by atoms with Crippen LogP contribution in [0.5, 0.6) is 0 Å². The van der Waals surface area contributed by atoms with E-state index in [1.54, 1.807) is 30.5 Å². The smallest absolute Gasteiger partial charge is 0.287 e. The predicted molar refractivity (Wildman–Crippen MR) is 109 cm³/mol. The molecule has 1 amide bonds. The van der Waals surface area contributed by atoms with Gasteiger partial charge in [-0.15, -0.1) is 0 Å². The van der Waals surface area contributed by atoms with Crippen LogP contribution in [0.25, 0.3) is 16.7 Å². The molecule has 156 valence electrons. The zero-order chi connectivity index (χ0) is 21.5. The first-order valence-corrected chi connectivity index (χ1v) is 9.86. The van der Waals surface area contributed by atoms with Crippen LogP contribution in [0.4, 0.5) is 8.78 Å². The van der Waals surface area contributed by atoms with Crippen molar-refractivity contribution in [2.75, 3.05) is 0 Å². The number of aromatic nitrogens is 2. The highest BCUT2D eigenvalue weighted by atomic mass is 19.1. The molecule has 2 aromatic heterocycles. The zero-order valence-corrected chi connectivity index (χ0v) is 16.3. The molecule has 31 heavy (non-hydrogen) atoms. The minimum absolute atomic E-state index is 0.0737. The van der Waals surface area contributed by atoms with Gasteiger partial charge in [-0.2, -0.15) is 5.10 Å². The number of benzene rings is 2. The Hall–Kier alpha value is -3.81. The molecule has 1 aliphatic rings. The summed E-state index contributed by atoms with van der Waals surface area (Å²) in [6.45, 7) is 0. The summed E-state index contributed by atoms with van der Waals surface area (Å²) < 4.78 is 34.4. The summed E-state index contributed by atoms with van der Waals surface area (Å²) in [5.41, 5.74) is 1.88. The highest BCUT2D eigenvalue weighted by molar-refractivity contribution is 5.93. The normalized spacial score (nSPS) is 15.6. The van der Waals surface area contributed by atoms with E-state index in [1.807, 2.05) is 0 Å². The maximum Gasteiger partial charge on any atom is 0.287 e. The summed E-state index contributed by atoms with van der Waals surface area (Å²) in [6.07, 6.45) is 3.67. The standard InChI is InChI=1S/C23H17F2N3O3/c24-13-8-14(25)10-15(9-13)28-19-6-3-5-18(17(19)12-26-28)27-23(30)22-11-20(29)16-4-1-2-7-21(16)31-22/h1-2,4,7-12,18H,3,5-6H2,(H,27,30)/t18-/m0/s1. The molecule has 0 spiro atoms. The number of carbonyl (C=O) groups is 1. The van der Waals surface area contributed by atoms with Crippen LogP contribution in [0.1, 0.15) is 40.7 Å². The Morgan fingerprint density at radius 2 is 1.90 bits per heavy atom. The fourth-order valence-electron chi connectivity index (χ4n) is 4.04. The predicted octanol–water partition coefficient (Wildman–Crippen LogP) is 4.06. The summed E-state index contributed by atoms with van der Waals surface area (Å²) >= 11 is 0. The number of para-hydroxylation sites is 1. The van der Waals surface area contributed by atoms with Crippen molar-refractivity contribution in [1.82, 2.24) is 15.1 Å². The van der Waals surface area contributed by atoms with E-state index >= 15 is 0 Å². The molecule has 1 atom stereocenters. The average Bonchev–Trinajstić information content (AvgIpc) is 3.18. The van der Waals surface area contributed by atoms with Gasteiger partial charge in [-0.25, -0.2) is 13.5 Å². The van der Waals surface area contributed by atoms with Crippen molar-refractivity contribution in [2.45, 2.75) is 25.3 Å². The van der Waals surface area contributed by atoms with Gasteiger partial charge >= 0.3 is 0 Å². The molecule has 0 fully saturated rings. The fourth-order valence-corrected chi connectivity index (χ4v) is 4.04. The second-order valence-corrected chi connectivity index (χ2v) is 7.48. The molecule has 5 rings (SSSR count). The van der Waals surface area contributed by atoms with E-state index in [2.05, 4.69) is 10.4 Å². The van der Waals surface area contributed by atoms with E-state index in [4.69, 9.17) is 4.42 Å². The fraction of sp³-hybridized carbons (Fsp3) is 0.174. The van der Waals surface area contributed by atoms with E-state index < -0.39 is 17.5 Å². The number of amides is 1. The molecule has 0 aliphatic heterocycles. The summed E-state index contributed by atoms with van der Waals surface area (Å²) in [6, 6.07) is 10.8. The van der Waals surface area contributed by atoms with Crippen LogP contribution in [0, 0.1) is 11.6 Å². The maximum absolute atomic E-state index is 13.7. The van der Waals surface area contributed by atoms with Crippen LogP contribution in [-0.4, -0.2) is 15.7 Å². The van der Waals surface area contributed by atoms with Gasteiger partial charge in [0.05, 0.1) is 23.3 Å². The van der Waals surface area contributed by atoms with Gasteiger partial charge in [0, 0.05) is 23.4 Å². The van der Waals surface area contributed by atoms with E-state index in [-0.39, 0.29) is 22.9 Å². The maximum atomic E-state index is 13.7. The van der Waals surface area contributed by atoms with Crippen LogP contribution < -0.4 is 10.7 Å². The van der Waals surface area contributed by atoms with Gasteiger partial charge in [0.1, 0.15) is 17.2 Å². The van der Waals surface area contributed by atoms with Crippen LogP contribution in [0.15, 0.2) is 63.9 Å². The van der Waals surface area contributed by atoms with E-state index in [1.165, 1.54) is 22.9 Å².